The van der Waals surface area contributed by atoms with Gasteiger partial charge in [-0.3, -0.25) is 4.79 Å². The van der Waals surface area contributed by atoms with Gasteiger partial charge in [-0.2, -0.15) is 0 Å². The van der Waals surface area contributed by atoms with Gasteiger partial charge in [0.05, 0.1) is 5.56 Å². The minimum Gasteiger partial charge on any atom is -0.478 e. The SMILES string of the molecule is CCN(CC)CC(C)n1c(C)c(C(=O)O)c(C)cc1=O. The molecule has 1 heterocycles. The largest absolute Gasteiger partial charge is 0.478 e. The number of nitrogens with zero attached hydrogens (tertiary/aromatic N) is 2. The summed E-state index contributed by atoms with van der Waals surface area (Å²) in [6.45, 7) is 12.0. The smallest absolute Gasteiger partial charge is 0.337 e. The van der Waals surface area contributed by atoms with Crippen molar-refractivity contribution in [3.05, 3.63) is 33.2 Å². The lowest BCUT2D eigenvalue weighted by atomic mass is 10.1. The molecule has 0 radical (unpaired) electrons. The molecule has 20 heavy (non-hydrogen) atoms. The molecule has 0 fully saturated rings. The number of rotatable bonds is 6. The number of hydrogen-bond donors (Lipinski definition) is 1. The highest BCUT2D eigenvalue weighted by atomic mass is 16.4. The van der Waals surface area contributed by atoms with Gasteiger partial charge in [0.2, 0.25) is 0 Å². The lowest BCUT2D eigenvalue weighted by Crippen LogP contribution is -2.35. The normalized spacial score (nSPS) is 12.7. The molecular formula is C15H24N2O3. The maximum Gasteiger partial charge on any atom is 0.337 e. The predicted octanol–water partition coefficient (Wildman–Crippen LogP) is 2.07. The fourth-order valence-corrected chi connectivity index (χ4v) is 2.71. The molecule has 1 unspecified atom stereocenters. The average Bonchev–Trinajstić information content (AvgIpc) is 2.34. The number of carboxylic acid groups (broad SMARTS) is 1. The van der Waals surface area contributed by atoms with Crippen molar-refractivity contribution in [1.82, 2.24) is 9.47 Å². The number of likely N-dealkylation sites (N-methyl/N-ethyl adjacent to an activating group) is 1. The van der Waals surface area contributed by atoms with Crippen LogP contribution >= 0.6 is 0 Å². The second-order valence-corrected chi connectivity index (χ2v) is 5.14. The number of aryl methyl sites for hydroxylation is 1. The van der Waals surface area contributed by atoms with Crippen molar-refractivity contribution in [1.29, 1.82) is 0 Å². The summed E-state index contributed by atoms with van der Waals surface area (Å²) in [5.41, 5.74) is 1.15. The standard InChI is InChI=1S/C15H24N2O3/c1-6-16(7-2)9-11(4)17-12(5)14(15(19)20)10(3)8-13(17)18/h8,11H,6-7,9H2,1-5H3,(H,19,20). The Balaban J connectivity index is 3.27. The highest BCUT2D eigenvalue weighted by Crippen LogP contribution is 2.16. The van der Waals surface area contributed by atoms with Crippen LogP contribution in [0.15, 0.2) is 10.9 Å². The average molecular weight is 280 g/mol. The van der Waals surface area contributed by atoms with E-state index in [0.717, 1.165) is 19.6 Å². The third kappa shape index (κ3) is 3.28. The van der Waals surface area contributed by atoms with Gasteiger partial charge in [-0.15, -0.1) is 0 Å². The zero-order valence-electron chi connectivity index (χ0n) is 12.9. The van der Waals surface area contributed by atoms with E-state index in [2.05, 4.69) is 18.7 Å². The molecule has 1 atom stereocenters. The summed E-state index contributed by atoms with van der Waals surface area (Å²) in [6, 6.07) is 1.36. The molecule has 0 saturated heterocycles. The molecule has 0 saturated carbocycles. The lowest BCUT2D eigenvalue weighted by Gasteiger charge is -2.26. The molecule has 0 aromatic carbocycles. The third-order valence-corrected chi connectivity index (χ3v) is 3.77. The van der Waals surface area contributed by atoms with Gasteiger partial charge in [-0.25, -0.2) is 4.79 Å². The highest BCUT2D eigenvalue weighted by molar-refractivity contribution is 5.90. The van der Waals surface area contributed by atoms with Crippen LogP contribution in [-0.4, -0.2) is 40.2 Å². The van der Waals surface area contributed by atoms with Crippen molar-refractivity contribution >= 4 is 5.97 Å². The number of carbonyl (C=O) groups is 1. The molecule has 0 bridgehead atoms. The van der Waals surface area contributed by atoms with Gasteiger partial charge in [0.25, 0.3) is 5.56 Å². The molecule has 1 rings (SSSR count). The molecule has 0 aliphatic heterocycles. The summed E-state index contributed by atoms with van der Waals surface area (Å²) in [5.74, 6) is -0.983. The molecule has 0 amide bonds. The Morgan fingerprint density at radius 3 is 2.35 bits per heavy atom. The van der Waals surface area contributed by atoms with Crippen molar-refractivity contribution in [2.24, 2.45) is 0 Å². The first kappa shape index (κ1) is 16.4. The van der Waals surface area contributed by atoms with Gasteiger partial charge >= 0.3 is 5.97 Å². The monoisotopic (exact) mass is 280 g/mol. The van der Waals surface area contributed by atoms with E-state index in [1.165, 1.54) is 6.07 Å². The van der Waals surface area contributed by atoms with Gasteiger partial charge in [0.15, 0.2) is 0 Å². The van der Waals surface area contributed by atoms with Crippen molar-refractivity contribution < 1.29 is 9.90 Å². The fourth-order valence-electron chi connectivity index (χ4n) is 2.71. The lowest BCUT2D eigenvalue weighted by molar-refractivity contribution is 0.0693. The van der Waals surface area contributed by atoms with Crippen LogP contribution in [0.25, 0.3) is 0 Å². The van der Waals surface area contributed by atoms with Gasteiger partial charge in [-0.1, -0.05) is 13.8 Å². The topological polar surface area (TPSA) is 62.5 Å². The highest BCUT2D eigenvalue weighted by Gasteiger charge is 2.19. The van der Waals surface area contributed by atoms with E-state index in [1.54, 1.807) is 18.4 Å². The Morgan fingerprint density at radius 2 is 1.90 bits per heavy atom. The van der Waals surface area contributed by atoms with Crippen LogP contribution in [-0.2, 0) is 0 Å². The molecule has 5 heteroatoms. The molecule has 5 nitrogen and oxygen atoms in total. The number of aromatic nitrogens is 1. The number of aromatic carboxylic acids is 1. The van der Waals surface area contributed by atoms with Crippen molar-refractivity contribution in [2.45, 2.75) is 40.7 Å². The van der Waals surface area contributed by atoms with Crippen LogP contribution in [0.5, 0.6) is 0 Å². The Bertz CT molecular complexity index is 545. The summed E-state index contributed by atoms with van der Waals surface area (Å²) in [7, 11) is 0. The first-order chi connectivity index (χ1) is 9.33. The Morgan fingerprint density at radius 1 is 1.35 bits per heavy atom. The van der Waals surface area contributed by atoms with E-state index in [4.69, 9.17) is 0 Å². The van der Waals surface area contributed by atoms with Crippen LogP contribution < -0.4 is 5.56 Å². The van der Waals surface area contributed by atoms with E-state index >= 15 is 0 Å². The maximum atomic E-state index is 12.2. The molecule has 1 N–H and O–H groups in total. The Kier molecular flexibility index (Phi) is 5.51. The number of hydrogen-bond acceptors (Lipinski definition) is 3. The summed E-state index contributed by atoms with van der Waals surface area (Å²) >= 11 is 0. The minimum atomic E-state index is -0.983. The van der Waals surface area contributed by atoms with E-state index < -0.39 is 5.97 Å². The molecule has 112 valence electrons. The second kappa shape index (κ2) is 6.70. The summed E-state index contributed by atoms with van der Waals surface area (Å²) < 4.78 is 1.59. The van der Waals surface area contributed by atoms with E-state index in [-0.39, 0.29) is 17.2 Å². The van der Waals surface area contributed by atoms with Gasteiger partial charge < -0.3 is 14.6 Å². The van der Waals surface area contributed by atoms with Gasteiger partial charge in [0.1, 0.15) is 0 Å². The summed E-state index contributed by atoms with van der Waals surface area (Å²) in [4.78, 5) is 25.7. The predicted molar refractivity (Wildman–Crippen MR) is 79.6 cm³/mol. The van der Waals surface area contributed by atoms with Crippen LogP contribution in [0.4, 0.5) is 0 Å². The van der Waals surface area contributed by atoms with Crippen LogP contribution in [0, 0.1) is 13.8 Å². The molecule has 0 aliphatic carbocycles. The Labute approximate surface area is 119 Å². The van der Waals surface area contributed by atoms with Gasteiger partial charge in [-0.05, 0) is 39.4 Å². The minimum absolute atomic E-state index is 0.0545. The third-order valence-electron chi connectivity index (χ3n) is 3.77. The van der Waals surface area contributed by atoms with Crippen LogP contribution in [0.3, 0.4) is 0 Å². The Hall–Kier alpha value is -1.62. The molecule has 1 aromatic rings. The fraction of sp³-hybridized carbons (Fsp3) is 0.600. The van der Waals surface area contributed by atoms with Crippen molar-refractivity contribution in [3.63, 3.8) is 0 Å². The number of pyridine rings is 1. The zero-order valence-corrected chi connectivity index (χ0v) is 12.9. The summed E-state index contributed by atoms with van der Waals surface area (Å²) in [5, 5.41) is 9.29. The van der Waals surface area contributed by atoms with Crippen molar-refractivity contribution in [3.8, 4) is 0 Å². The number of carboxylic acids is 1. The quantitative estimate of drug-likeness (QED) is 0.866. The van der Waals surface area contributed by atoms with E-state index in [1.807, 2.05) is 6.92 Å². The molecule has 0 aliphatic rings. The zero-order chi connectivity index (χ0) is 15.4. The molecule has 1 aromatic heterocycles. The van der Waals surface area contributed by atoms with E-state index in [0.29, 0.717) is 11.3 Å². The van der Waals surface area contributed by atoms with E-state index in [9.17, 15) is 14.7 Å². The molecular weight excluding hydrogens is 256 g/mol. The van der Waals surface area contributed by atoms with Gasteiger partial charge in [0, 0.05) is 24.3 Å². The maximum absolute atomic E-state index is 12.2. The first-order valence-corrected chi connectivity index (χ1v) is 7.01. The van der Waals surface area contributed by atoms with Crippen LogP contribution in [0.1, 0.15) is 48.4 Å². The second-order valence-electron chi connectivity index (χ2n) is 5.14. The summed E-state index contributed by atoms with van der Waals surface area (Å²) in [6.07, 6.45) is 0. The molecule has 0 spiro atoms. The first-order valence-electron chi connectivity index (χ1n) is 7.01. The van der Waals surface area contributed by atoms with Crippen LogP contribution in [0.2, 0.25) is 0 Å². The van der Waals surface area contributed by atoms with Crippen molar-refractivity contribution in [2.75, 3.05) is 19.6 Å².